The van der Waals surface area contributed by atoms with Crippen molar-refractivity contribution in [3.63, 3.8) is 0 Å². The van der Waals surface area contributed by atoms with E-state index >= 15 is 0 Å². The molecule has 2 heteroatoms. The van der Waals surface area contributed by atoms with Crippen molar-refractivity contribution in [3.05, 3.63) is 24.0 Å². The van der Waals surface area contributed by atoms with E-state index in [4.69, 9.17) is 0 Å². The average molecular weight is 272 g/mol. The van der Waals surface area contributed by atoms with Crippen LogP contribution in [-0.4, -0.2) is 9.78 Å². The molecule has 2 aliphatic carbocycles. The Kier molecular flexibility index (Phi) is 4.00. The number of aromatic nitrogens is 2. The lowest BCUT2D eigenvalue weighted by molar-refractivity contribution is 0.142. The van der Waals surface area contributed by atoms with E-state index in [1.54, 1.807) is 5.57 Å². The van der Waals surface area contributed by atoms with Gasteiger partial charge in [0.25, 0.3) is 0 Å². The molecule has 1 fully saturated rings. The second-order valence-electron chi connectivity index (χ2n) is 7.10. The van der Waals surface area contributed by atoms with Crippen molar-refractivity contribution in [2.24, 2.45) is 18.4 Å². The molecule has 0 radical (unpaired) electrons. The molecule has 1 aromatic rings. The van der Waals surface area contributed by atoms with Crippen molar-refractivity contribution in [2.75, 3.05) is 0 Å². The molecule has 1 unspecified atom stereocenters. The van der Waals surface area contributed by atoms with Gasteiger partial charge in [0.1, 0.15) is 0 Å². The van der Waals surface area contributed by atoms with E-state index in [-0.39, 0.29) is 0 Å². The number of hydrogen-bond acceptors (Lipinski definition) is 1. The van der Waals surface area contributed by atoms with Gasteiger partial charge in [-0.1, -0.05) is 38.7 Å². The number of aryl methyl sites for hydroxylation is 1. The summed E-state index contributed by atoms with van der Waals surface area (Å²) in [4.78, 5) is 0. The molecule has 110 valence electrons. The van der Waals surface area contributed by atoms with Gasteiger partial charge in [-0.05, 0) is 55.1 Å². The summed E-state index contributed by atoms with van der Waals surface area (Å²) >= 11 is 0. The molecule has 0 aromatic carbocycles. The topological polar surface area (TPSA) is 17.8 Å². The monoisotopic (exact) mass is 272 g/mol. The Labute approximate surface area is 123 Å². The summed E-state index contributed by atoms with van der Waals surface area (Å²) in [6.45, 7) is 2.54. The van der Waals surface area contributed by atoms with Crippen LogP contribution < -0.4 is 0 Å². The number of rotatable bonds is 2. The van der Waals surface area contributed by atoms with Crippen LogP contribution in [-0.2, 0) is 7.05 Å². The van der Waals surface area contributed by atoms with E-state index in [0.29, 0.717) is 5.41 Å². The molecule has 1 atom stereocenters. The summed E-state index contributed by atoms with van der Waals surface area (Å²) in [7, 11) is 2.07. The maximum absolute atomic E-state index is 4.35. The predicted molar refractivity (Wildman–Crippen MR) is 84.3 cm³/mol. The predicted octanol–water partition coefficient (Wildman–Crippen LogP) is 4.96. The molecule has 1 aromatic heterocycles. The summed E-state index contributed by atoms with van der Waals surface area (Å²) in [5.74, 6) is 0.773. The first kappa shape index (κ1) is 13.9. The van der Waals surface area contributed by atoms with Crippen molar-refractivity contribution < 1.29 is 0 Å². The van der Waals surface area contributed by atoms with Crippen LogP contribution in [0.5, 0.6) is 0 Å². The second kappa shape index (κ2) is 5.75. The van der Waals surface area contributed by atoms with Gasteiger partial charge in [0.05, 0.1) is 5.69 Å². The third kappa shape index (κ3) is 2.70. The van der Waals surface area contributed by atoms with Gasteiger partial charge in [0, 0.05) is 13.2 Å². The Morgan fingerprint density at radius 3 is 2.65 bits per heavy atom. The average Bonchev–Trinajstić information content (AvgIpc) is 2.74. The van der Waals surface area contributed by atoms with E-state index in [9.17, 15) is 0 Å². The molecule has 20 heavy (non-hydrogen) atoms. The zero-order valence-electron chi connectivity index (χ0n) is 13.1. The smallest absolute Gasteiger partial charge is 0.0635 e. The molecule has 3 rings (SSSR count). The third-order valence-corrected chi connectivity index (χ3v) is 5.65. The minimum atomic E-state index is 0.548. The molecular formula is C18H28N2. The summed E-state index contributed by atoms with van der Waals surface area (Å²) in [6.07, 6.45) is 17.0. The summed E-state index contributed by atoms with van der Waals surface area (Å²) < 4.78 is 2.04. The van der Waals surface area contributed by atoms with Gasteiger partial charge in [-0.25, -0.2) is 0 Å². The third-order valence-electron chi connectivity index (χ3n) is 5.65. The highest BCUT2D eigenvalue weighted by molar-refractivity contribution is 5.63. The lowest BCUT2D eigenvalue weighted by atomic mass is 9.66. The highest BCUT2D eigenvalue weighted by Crippen LogP contribution is 2.47. The van der Waals surface area contributed by atoms with E-state index in [1.807, 2.05) is 10.9 Å². The molecule has 0 aliphatic heterocycles. The summed E-state index contributed by atoms with van der Waals surface area (Å²) in [5.41, 5.74) is 3.42. The van der Waals surface area contributed by atoms with Crippen LogP contribution in [0, 0.1) is 11.3 Å². The highest BCUT2D eigenvalue weighted by atomic mass is 15.3. The molecular weight excluding hydrogens is 244 g/mol. The Morgan fingerprint density at radius 2 is 1.95 bits per heavy atom. The zero-order chi connectivity index (χ0) is 14.0. The molecule has 2 aliphatic rings. The van der Waals surface area contributed by atoms with Gasteiger partial charge in [0.2, 0.25) is 0 Å². The van der Waals surface area contributed by atoms with E-state index in [0.717, 1.165) is 5.92 Å². The standard InChI is InChI=1S/C18H28N2/c1-18(11-6-3-7-12-18)16-9-5-4-8-15(14-16)17-10-13-19-20(17)2/h10,13-14,16H,3-9,11-12H2,1-2H3. The van der Waals surface area contributed by atoms with Crippen LogP contribution >= 0.6 is 0 Å². The molecule has 0 spiro atoms. The van der Waals surface area contributed by atoms with Crippen LogP contribution in [0.3, 0.4) is 0 Å². The van der Waals surface area contributed by atoms with Crippen LogP contribution in [0.1, 0.15) is 70.4 Å². The lowest BCUT2D eigenvalue weighted by Gasteiger charge is -2.39. The molecule has 1 saturated carbocycles. The quantitative estimate of drug-likeness (QED) is 0.743. The van der Waals surface area contributed by atoms with Gasteiger partial charge in [-0.2, -0.15) is 5.10 Å². The fourth-order valence-electron chi connectivity index (χ4n) is 4.27. The number of nitrogens with zero attached hydrogens (tertiary/aromatic N) is 2. The molecule has 1 heterocycles. The van der Waals surface area contributed by atoms with Gasteiger partial charge < -0.3 is 0 Å². The van der Waals surface area contributed by atoms with Crippen LogP contribution in [0.4, 0.5) is 0 Å². The van der Waals surface area contributed by atoms with E-state index in [1.165, 1.54) is 63.5 Å². The SMILES string of the molecule is Cn1nccc1C1=CC(C2(C)CCCCC2)CCCC1. The number of hydrogen-bond donors (Lipinski definition) is 0. The molecule has 0 bridgehead atoms. The van der Waals surface area contributed by atoms with Crippen LogP contribution in [0.25, 0.3) is 5.57 Å². The fraction of sp³-hybridized carbons (Fsp3) is 0.722. The van der Waals surface area contributed by atoms with Gasteiger partial charge in [-0.15, -0.1) is 0 Å². The van der Waals surface area contributed by atoms with Crippen molar-refractivity contribution >= 4 is 5.57 Å². The van der Waals surface area contributed by atoms with Crippen molar-refractivity contribution in [1.29, 1.82) is 0 Å². The Balaban J connectivity index is 1.88. The minimum Gasteiger partial charge on any atom is -0.268 e. The maximum atomic E-state index is 4.35. The summed E-state index contributed by atoms with van der Waals surface area (Å²) in [5, 5.41) is 4.35. The molecule has 0 amide bonds. The molecule has 0 N–H and O–H groups in total. The lowest BCUT2D eigenvalue weighted by Crippen LogP contribution is -2.28. The normalized spacial score (nSPS) is 26.9. The fourth-order valence-corrected chi connectivity index (χ4v) is 4.27. The highest BCUT2D eigenvalue weighted by Gasteiger charge is 2.34. The maximum Gasteiger partial charge on any atom is 0.0635 e. The first-order chi connectivity index (χ1) is 9.69. The van der Waals surface area contributed by atoms with Crippen LogP contribution in [0.2, 0.25) is 0 Å². The van der Waals surface area contributed by atoms with Crippen molar-refractivity contribution in [2.45, 2.75) is 64.7 Å². The second-order valence-corrected chi connectivity index (χ2v) is 7.10. The zero-order valence-corrected chi connectivity index (χ0v) is 13.1. The molecule has 2 nitrogen and oxygen atoms in total. The van der Waals surface area contributed by atoms with Gasteiger partial charge in [0.15, 0.2) is 0 Å². The minimum absolute atomic E-state index is 0.548. The molecule has 0 saturated heterocycles. The Hall–Kier alpha value is -1.05. The van der Waals surface area contributed by atoms with Gasteiger partial charge in [-0.3, -0.25) is 4.68 Å². The Morgan fingerprint density at radius 1 is 1.15 bits per heavy atom. The van der Waals surface area contributed by atoms with Gasteiger partial charge >= 0.3 is 0 Å². The van der Waals surface area contributed by atoms with Crippen LogP contribution in [0.15, 0.2) is 18.3 Å². The first-order valence-corrected chi connectivity index (χ1v) is 8.38. The van der Waals surface area contributed by atoms with E-state index < -0.39 is 0 Å². The van der Waals surface area contributed by atoms with E-state index in [2.05, 4.69) is 31.2 Å². The largest absolute Gasteiger partial charge is 0.268 e. The van der Waals surface area contributed by atoms with Crippen molar-refractivity contribution in [3.8, 4) is 0 Å². The summed E-state index contributed by atoms with van der Waals surface area (Å²) in [6, 6.07) is 2.18. The Bertz CT molecular complexity index is 477. The number of allylic oxidation sites excluding steroid dienone is 2. The first-order valence-electron chi connectivity index (χ1n) is 8.38. The van der Waals surface area contributed by atoms with Crippen molar-refractivity contribution in [1.82, 2.24) is 9.78 Å².